The smallest absolute Gasteiger partial charge is 0.416 e. The largest absolute Gasteiger partial charge is 0.481 e. The van der Waals surface area contributed by atoms with Crippen LogP contribution >= 0.6 is 0 Å². The summed E-state index contributed by atoms with van der Waals surface area (Å²) in [5, 5.41) is 5.19. The average Bonchev–Trinajstić information content (AvgIpc) is 2.77. The molecule has 0 radical (unpaired) electrons. The number of halogens is 4. The molecular formula is C22H15F4N3O3. The summed E-state index contributed by atoms with van der Waals surface area (Å²) >= 11 is 0. The molecule has 2 N–H and O–H groups in total. The van der Waals surface area contributed by atoms with Gasteiger partial charge in [-0.05, 0) is 42.0 Å². The van der Waals surface area contributed by atoms with Gasteiger partial charge in [-0.3, -0.25) is 14.6 Å². The quantitative estimate of drug-likeness (QED) is 0.593. The van der Waals surface area contributed by atoms with Crippen molar-refractivity contribution in [3.8, 4) is 5.75 Å². The highest BCUT2D eigenvalue weighted by molar-refractivity contribution is 6.03. The zero-order chi connectivity index (χ0) is 22.9. The highest BCUT2D eigenvalue weighted by Crippen LogP contribution is 2.34. The third-order valence-electron chi connectivity index (χ3n) is 4.79. The van der Waals surface area contributed by atoms with Crippen LogP contribution in [0.5, 0.6) is 5.75 Å². The zero-order valence-corrected chi connectivity index (χ0v) is 16.2. The second kappa shape index (κ2) is 8.29. The van der Waals surface area contributed by atoms with E-state index in [1.54, 1.807) is 6.07 Å². The first-order chi connectivity index (χ1) is 15.2. The molecule has 1 atom stereocenters. The zero-order valence-electron chi connectivity index (χ0n) is 16.2. The lowest BCUT2D eigenvalue weighted by molar-refractivity contribution is -0.137. The number of hydrogen-bond acceptors (Lipinski definition) is 4. The van der Waals surface area contributed by atoms with Crippen LogP contribution in [0, 0.1) is 5.82 Å². The minimum absolute atomic E-state index is 0.0655. The molecule has 3 aromatic rings. The van der Waals surface area contributed by atoms with E-state index >= 15 is 0 Å². The van der Waals surface area contributed by atoms with Crippen molar-refractivity contribution >= 4 is 17.5 Å². The Morgan fingerprint density at radius 3 is 2.53 bits per heavy atom. The van der Waals surface area contributed by atoms with E-state index in [9.17, 15) is 27.2 Å². The van der Waals surface area contributed by atoms with Gasteiger partial charge in [0.1, 0.15) is 11.5 Å². The van der Waals surface area contributed by atoms with Crippen LogP contribution in [0.15, 0.2) is 60.8 Å². The van der Waals surface area contributed by atoms with Gasteiger partial charge in [0.2, 0.25) is 0 Å². The number of aromatic nitrogens is 1. The fourth-order valence-electron chi connectivity index (χ4n) is 3.29. The third kappa shape index (κ3) is 4.25. The highest BCUT2D eigenvalue weighted by atomic mass is 19.4. The predicted octanol–water partition coefficient (Wildman–Crippen LogP) is 4.09. The monoisotopic (exact) mass is 445 g/mol. The SMILES string of the molecule is O=C1COc2c(cccc2C(=O)NC(c2ccc(C(F)(F)F)cc2)c2ncccc2F)N1. The number of carbonyl (C=O) groups excluding carboxylic acids is 2. The molecule has 0 spiro atoms. The van der Waals surface area contributed by atoms with Crippen molar-refractivity contribution in [1.82, 2.24) is 10.3 Å². The van der Waals surface area contributed by atoms with Gasteiger partial charge in [-0.25, -0.2) is 4.39 Å². The lowest BCUT2D eigenvalue weighted by Crippen LogP contribution is -2.32. The summed E-state index contributed by atoms with van der Waals surface area (Å²) in [7, 11) is 0. The Morgan fingerprint density at radius 2 is 1.84 bits per heavy atom. The molecule has 6 nitrogen and oxygen atoms in total. The molecule has 1 aromatic heterocycles. The maximum absolute atomic E-state index is 14.5. The van der Waals surface area contributed by atoms with E-state index in [2.05, 4.69) is 15.6 Å². The number of nitrogens with zero attached hydrogens (tertiary/aromatic N) is 1. The predicted molar refractivity (Wildman–Crippen MR) is 106 cm³/mol. The van der Waals surface area contributed by atoms with Crippen molar-refractivity contribution < 1.29 is 31.9 Å². The van der Waals surface area contributed by atoms with Crippen molar-refractivity contribution in [2.45, 2.75) is 12.2 Å². The van der Waals surface area contributed by atoms with Crippen molar-refractivity contribution in [2.75, 3.05) is 11.9 Å². The Balaban J connectivity index is 1.71. The number of benzene rings is 2. The molecular weight excluding hydrogens is 430 g/mol. The van der Waals surface area contributed by atoms with Crippen LogP contribution in [0.1, 0.15) is 33.2 Å². The lowest BCUT2D eigenvalue weighted by Gasteiger charge is -2.23. The summed E-state index contributed by atoms with van der Waals surface area (Å²) in [5.74, 6) is -1.67. The van der Waals surface area contributed by atoms with E-state index < -0.39 is 29.5 Å². The van der Waals surface area contributed by atoms with Gasteiger partial charge in [-0.15, -0.1) is 0 Å². The summed E-state index contributed by atoms with van der Waals surface area (Å²) in [6.07, 6.45) is -3.23. The number of nitrogens with one attached hydrogen (secondary N) is 2. The molecule has 1 unspecified atom stereocenters. The first kappa shape index (κ1) is 21.3. The van der Waals surface area contributed by atoms with E-state index in [0.717, 1.165) is 30.3 Å². The second-order valence-corrected chi connectivity index (χ2v) is 6.92. The summed E-state index contributed by atoms with van der Waals surface area (Å²) in [5.41, 5.74) is -0.489. The van der Waals surface area contributed by atoms with Crippen molar-refractivity contribution in [2.24, 2.45) is 0 Å². The average molecular weight is 445 g/mol. The minimum atomic E-state index is -4.54. The number of hydrogen-bond donors (Lipinski definition) is 2. The minimum Gasteiger partial charge on any atom is -0.481 e. The molecule has 0 saturated heterocycles. The molecule has 10 heteroatoms. The van der Waals surface area contributed by atoms with E-state index in [-0.39, 0.29) is 35.1 Å². The lowest BCUT2D eigenvalue weighted by atomic mass is 10.00. The number of alkyl halides is 3. The Hall–Kier alpha value is -3.95. The number of para-hydroxylation sites is 1. The molecule has 4 rings (SSSR count). The van der Waals surface area contributed by atoms with Crippen LogP contribution in [0.2, 0.25) is 0 Å². The summed E-state index contributed by atoms with van der Waals surface area (Å²) in [6, 6.07) is 9.83. The number of pyridine rings is 1. The highest BCUT2D eigenvalue weighted by Gasteiger charge is 2.31. The molecule has 0 fully saturated rings. The first-order valence-corrected chi connectivity index (χ1v) is 9.38. The number of carbonyl (C=O) groups is 2. The van der Waals surface area contributed by atoms with Crippen LogP contribution < -0.4 is 15.4 Å². The fourth-order valence-corrected chi connectivity index (χ4v) is 3.29. The Morgan fingerprint density at radius 1 is 1.09 bits per heavy atom. The fraction of sp³-hybridized carbons (Fsp3) is 0.136. The van der Waals surface area contributed by atoms with Crippen LogP contribution in [-0.2, 0) is 11.0 Å². The Kier molecular flexibility index (Phi) is 5.52. The van der Waals surface area contributed by atoms with Gasteiger partial charge in [0.25, 0.3) is 11.8 Å². The molecule has 2 aromatic carbocycles. The number of fused-ring (bicyclic) bond motifs is 1. The van der Waals surface area contributed by atoms with Crippen LogP contribution in [0.25, 0.3) is 0 Å². The first-order valence-electron chi connectivity index (χ1n) is 9.38. The van der Waals surface area contributed by atoms with Crippen LogP contribution in [-0.4, -0.2) is 23.4 Å². The van der Waals surface area contributed by atoms with Gasteiger partial charge >= 0.3 is 6.18 Å². The summed E-state index contributed by atoms with van der Waals surface area (Å²) < 4.78 is 58.7. The van der Waals surface area contributed by atoms with Crippen molar-refractivity contribution in [3.63, 3.8) is 0 Å². The normalized spacial score (nSPS) is 14.1. The number of rotatable bonds is 4. The topological polar surface area (TPSA) is 80.3 Å². The van der Waals surface area contributed by atoms with Gasteiger partial charge in [-0.1, -0.05) is 18.2 Å². The molecule has 164 valence electrons. The van der Waals surface area contributed by atoms with Gasteiger partial charge in [0.05, 0.1) is 22.9 Å². The summed E-state index contributed by atoms with van der Waals surface area (Å²) in [6.45, 7) is -0.283. The van der Waals surface area contributed by atoms with Gasteiger partial charge < -0.3 is 15.4 Å². The molecule has 0 bridgehead atoms. The van der Waals surface area contributed by atoms with Crippen molar-refractivity contribution in [1.29, 1.82) is 0 Å². The van der Waals surface area contributed by atoms with Gasteiger partial charge in [0.15, 0.2) is 12.4 Å². The molecule has 1 aliphatic heterocycles. The molecule has 32 heavy (non-hydrogen) atoms. The Labute approximate surface area is 179 Å². The van der Waals surface area contributed by atoms with E-state index in [0.29, 0.717) is 5.69 Å². The molecule has 2 amide bonds. The maximum atomic E-state index is 14.5. The van der Waals surface area contributed by atoms with Gasteiger partial charge in [0, 0.05) is 6.20 Å². The van der Waals surface area contributed by atoms with Crippen molar-refractivity contribution in [3.05, 3.63) is 89.0 Å². The van der Waals surface area contributed by atoms with Crippen LogP contribution in [0.4, 0.5) is 23.2 Å². The molecule has 0 aliphatic carbocycles. The van der Waals surface area contributed by atoms with E-state index in [1.807, 2.05) is 0 Å². The number of ether oxygens (including phenoxy) is 1. The summed E-state index contributed by atoms with van der Waals surface area (Å²) in [4.78, 5) is 28.6. The van der Waals surface area contributed by atoms with Gasteiger partial charge in [-0.2, -0.15) is 13.2 Å². The third-order valence-corrected chi connectivity index (χ3v) is 4.79. The van der Waals surface area contributed by atoms with E-state index in [4.69, 9.17) is 4.74 Å². The molecule has 2 heterocycles. The maximum Gasteiger partial charge on any atom is 0.416 e. The van der Waals surface area contributed by atoms with E-state index in [1.165, 1.54) is 24.4 Å². The number of anilines is 1. The second-order valence-electron chi connectivity index (χ2n) is 6.92. The Bertz CT molecular complexity index is 1180. The number of amides is 2. The molecule has 0 saturated carbocycles. The van der Waals surface area contributed by atoms with Crippen LogP contribution in [0.3, 0.4) is 0 Å². The standard InChI is InChI=1S/C22H15F4N3O3/c23-15-4-2-10-27-19(15)18(12-6-8-13(9-7-12)22(24,25)26)29-21(31)14-3-1-5-16-20(14)32-11-17(30)28-16/h1-10,18H,11H2,(H,28,30)(H,29,31). The molecule has 1 aliphatic rings.